The number of aliphatic hydroxyl groups is 1. The second kappa shape index (κ2) is 4.87. The van der Waals surface area contributed by atoms with Gasteiger partial charge in [-0.3, -0.25) is 0 Å². The van der Waals surface area contributed by atoms with E-state index in [0.29, 0.717) is 6.42 Å². The maximum absolute atomic E-state index is 10.3. The molecule has 0 fully saturated rings. The number of hydrogen-bond donors (Lipinski definition) is 1. The fraction of sp³-hybridized carbons (Fsp3) is 1.00. The highest BCUT2D eigenvalue weighted by atomic mass is 31.1. The lowest BCUT2D eigenvalue weighted by atomic mass is 9.90. The first-order valence-corrected chi connectivity index (χ1v) is 4.96. The number of aliphatic hydroxyl groups excluding tert-OH is 1. The van der Waals surface area contributed by atoms with Gasteiger partial charge in [0.1, 0.15) is 5.60 Å². The van der Waals surface area contributed by atoms with Gasteiger partial charge in [0.2, 0.25) is 0 Å². The monoisotopic (exact) mass is 194 g/mol. The largest absolute Gasteiger partial charge is 0.566 e. The van der Waals surface area contributed by atoms with Gasteiger partial charge in [0.15, 0.2) is 0 Å². The number of rotatable bonds is 5. The van der Waals surface area contributed by atoms with E-state index in [1.54, 1.807) is 6.92 Å². The molecule has 12 heavy (non-hydrogen) atoms. The van der Waals surface area contributed by atoms with Crippen molar-refractivity contribution in [2.75, 3.05) is 6.61 Å². The van der Waals surface area contributed by atoms with Crippen molar-refractivity contribution in [1.29, 1.82) is 0 Å². The second-order valence-corrected chi connectivity index (χ2v) is 3.89. The van der Waals surface area contributed by atoms with Crippen molar-refractivity contribution in [3.8, 4) is 0 Å². The molecule has 0 bridgehead atoms. The molecule has 0 aliphatic heterocycles. The van der Waals surface area contributed by atoms with Crippen molar-refractivity contribution in [2.45, 2.75) is 32.8 Å². The molecule has 0 aliphatic carbocycles. The number of hydrogen-bond acceptors (Lipinski definition) is 4. The summed E-state index contributed by atoms with van der Waals surface area (Å²) >= 11 is 0. The van der Waals surface area contributed by atoms with Crippen molar-refractivity contribution < 1.29 is 19.1 Å². The first-order valence-electron chi connectivity index (χ1n) is 3.87. The Morgan fingerprint density at radius 3 is 2.42 bits per heavy atom. The van der Waals surface area contributed by atoms with Crippen LogP contribution in [0.1, 0.15) is 27.2 Å². The van der Waals surface area contributed by atoms with E-state index in [0.717, 1.165) is 0 Å². The van der Waals surface area contributed by atoms with Crippen molar-refractivity contribution in [1.82, 2.24) is 0 Å². The summed E-state index contributed by atoms with van der Waals surface area (Å²) in [5.74, 6) is 0.0533. The molecular formula is C7H15O4P. The third-order valence-electron chi connectivity index (χ3n) is 2.11. The van der Waals surface area contributed by atoms with Gasteiger partial charge < -0.3 is 10.00 Å². The summed E-state index contributed by atoms with van der Waals surface area (Å²) in [6.07, 6.45) is 0.327. The minimum Gasteiger partial charge on any atom is -0.566 e. The molecule has 4 nitrogen and oxygen atoms in total. The molecule has 2 unspecified atom stereocenters. The topological polar surface area (TPSA) is 69.6 Å². The van der Waals surface area contributed by atoms with Crippen LogP contribution in [0, 0.1) is 5.92 Å². The molecule has 0 radical (unpaired) electrons. The highest BCUT2D eigenvalue weighted by Gasteiger charge is 2.35. The van der Waals surface area contributed by atoms with Crippen LogP contribution in [0.4, 0.5) is 0 Å². The molecule has 0 saturated heterocycles. The van der Waals surface area contributed by atoms with Gasteiger partial charge in [-0.2, -0.15) is 0 Å². The third-order valence-corrected chi connectivity index (χ3v) is 2.68. The van der Waals surface area contributed by atoms with E-state index < -0.39 is 13.9 Å². The minimum atomic E-state index is -2.84. The van der Waals surface area contributed by atoms with Crippen molar-refractivity contribution >= 4 is 8.25 Å². The molecule has 0 rings (SSSR count). The second-order valence-electron chi connectivity index (χ2n) is 3.26. The van der Waals surface area contributed by atoms with Gasteiger partial charge in [0, 0.05) is 13.0 Å². The van der Waals surface area contributed by atoms with E-state index >= 15 is 0 Å². The van der Waals surface area contributed by atoms with Crippen LogP contribution in [0.2, 0.25) is 0 Å². The van der Waals surface area contributed by atoms with Crippen LogP contribution < -0.4 is 4.89 Å². The zero-order valence-electron chi connectivity index (χ0n) is 7.61. The SMILES string of the molecule is CC(C)C(C)(CCO)O[P+](=O)[O-]. The lowest BCUT2D eigenvalue weighted by molar-refractivity contribution is -0.198. The molecule has 0 saturated carbocycles. The minimum absolute atomic E-state index is 0.0533. The van der Waals surface area contributed by atoms with E-state index in [2.05, 4.69) is 0 Å². The van der Waals surface area contributed by atoms with Gasteiger partial charge >= 0.3 is 8.25 Å². The van der Waals surface area contributed by atoms with Crippen LogP contribution in [0.5, 0.6) is 0 Å². The Kier molecular flexibility index (Phi) is 4.87. The Bertz CT molecular complexity index is 159. The third kappa shape index (κ3) is 3.59. The first-order chi connectivity index (χ1) is 5.42. The maximum atomic E-state index is 10.3. The summed E-state index contributed by atoms with van der Waals surface area (Å²) < 4.78 is 15.1. The Morgan fingerprint density at radius 1 is 1.67 bits per heavy atom. The van der Waals surface area contributed by atoms with Gasteiger partial charge in [0.05, 0.1) is 0 Å². The summed E-state index contributed by atoms with van der Waals surface area (Å²) in [6, 6.07) is 0. The molecule has 0 aromatic carbocycles. The predicted molar refractivity (Wildman–Crippen MR) is 43.6 cm³/mol. The molecule has 0 spiro atoms. The quantitative estimate of drug-likeness (QED) is 0.657. The molecular weight excluding hydrogens is 179 g/mol. The molecule has 0 aromatic rings. The molecule has 2 atom stereocenters. The van der Waals surface area contributed by atoms with E-state index in [-0.39, 0.29) is 12.5 Å². The van der Waals surface area contributed by atoms with Crippen LogP contribution in [-0.2, 0) is 9.09 Å². The normalized spacial score (nSPS) is 17.7. The van der Waals surface area contributed by atoms with Crippen LogP contribution in [-0.4, -0.2) is 17.3 Å². The molecule has 0 aromatic heterocycles. The van der Waals surface area contributed by atoms with Gasteiger partial charge in [-0.1, -0.05) is 13.8 Å². The summed E-state index contributed by atoms with van der Waals surface area (Å²) in [5.41, 5.74) is -0.774. The van der Waals surface area contributed by atoms with Gasteiger partial charge in [-0.25, -0.2) is 0 Å². The molecule has 72 valence electrons. The van der Waals surface area contributed by atoms with E-state index in [4.69, 9.17) is 9.63 Å². The van der Waals surface area contributed by atoms with Crippen molar-refractivity contribution in [3.05, 3.63) is 0 Å². The van der Waals surface area contributed by atoms with Gasteiger partial charge in [-0.05, 0) is 17.4 Å². The Balaban J connectivity index is 4.28. The zero-order chi connectivity index (χ0) is 9.78. The van der Waals surface area contributed by atoms with E-state index in [1.165, 1.54) is 0 Å². The van der Waals surface area contributed by atoms with Crippen LogP contribution in [0.15, 0.2) is 0 Å². The van der Waals surface area contributed by atoms with Crippen LogP contribution >= 0.6 is 8.25 Å². The van der Waals surface area contributed by atoms with Crippen LogP contribution in [0.25, 0.3) is 0 Å². The Labute approximate surface area is 73.5 Å². The smallest absolute Gasteiger partial charge is 0.489 e. The Morgan fingerprint density at radius 2 is 2.17 bits per heavy atom. The lowest BCUT2D eigenvalue weighted by Gasteiger charge is -2.27. The fourth-order valence-corrected chi connectivity index (χ4v) is 1.47. The molecule has 0 heterocycles. The average molecular weight is 194 g/mol. The van der Waals surface area contributed by atoms with Crippen molar-refractivity contribution in [2.24, 2.45) is 5.92 Å². The van der Waals surface area contributed by atoms with Crippen molar-refractivity contribution in [3.63, 3.8) is 0 Å². The van der Waals surface area contributed by atoms with E-state index in [1.807, 2.05) is 13.8 Å². The predicted octanol–water partition coefficient (Wildman–Crippen LogP) is 0.818. The molecule has 5 heteroatoms. The highest BCUT2D eigenvalue weighted by molar-refractivity contribution is 7.30. The molecule has 0 aliphatic rings. The Hall–Kier alpha value is -0.0200. The summed E-state index contributed by atoms with van der Waals surface area (Å²) in [6.45, 7) is 5.32. The van der Waals surface area contributed by atoms with Crippen LogP contribution in [0.3, 0.4) is 0 Å². The summed E-state index contributed by atoms with van der Waals surface area (Å²) in [5, 5.41) is 8.69. The molecule has 0 amide bonds. The standard InChI is InChI=1S/C7H15O4P/c1-6(2)7(3,4-5-8)11-12(9)10/h6,8H,4-5H2,1-3H3. The van der Waals surface area contributed by atoms with Gasteiger partial charge in [-0.15, -0.1) is 4.52 Å². The summed E-state index contributed by atoms with van der Waals surface area (Å²) in [7, 11) is -2.84. The zero-order valence-corrected chi connectivity index (χ0v) is 8.51. The lowest BCUT2D eigenvalue weighted by Crippen LogP contribution is -2.34. The fourth-order valence-electron chi connectivity index (χ4n) is 0.832. The summed E-state index contributed by atoms with van der Waals surface area (Å²) in [4.78, 5) is 10.3. The first kappa shape index (κ1) is 12.0. The van der Waals surface area contributed by atoms with Gasteiger partial charge in [0.25, 0.3) is 0 Å². The maximum Gasteiger partial charge on any atom is 0.489 e. The van der Waals surface area contributed by atoms with E-state index in [9.17, 15) is 9.46 Å². The highest BCUT2D eigenvalue weighted by Crippen LogP contribution is 2.32. The average Bonchev–Trinajstić information content (AvgIpc) is 1.85. The molecule has 1 N–H and O–H groups in total.